The largest absolute Gasteiger partial charge is 0.353 e. The second-order valence-corrected chi connectivity index (χ2v) is 9.64. The third-order valence-corrected chi connectivity index (χ3v) is 7.49. The Kier molecular flexibility index (Phi) is 7.48. The van der Waals surface area contributed by atoms with Crippen molar-refractivity contribution in [3.8, 4) is 0 Å². The van der Waals surface area contributed by atoms with Crippen molar-refractivity contribution >= 4 is 23.6 Å². The lowest BCUT2D eigenvalue weighted by molar-refractivity contribution is -0.124. The fourth-order valence-electron chi connectivity index (χ4n) is 4.32. The monoisotopic (exact) mass is 455 g/mol. The van der Waals surface area contributed by atoms with Crippen LogP contribution in [0, 0.1) is 12.7 Å². The average molecular weight is 456 g/mol. The summed E-state index contributed by atoms with van der Waals surface area (Å²) in [4.78, 5) is 30.7. The van der Waals surface area contributed by atoms with Crippen LogP contribution in [0.5, 0.6) is 0 Å². The number of likely N-dealkylation sites (tertiary alicyclic amines) is 1. The molecule has 7 heteroatoms. The van der Waals surface area contributed by atoms with E-state index in [2.05, 4.69) is 10.2 Å². The molecule has 0 bridgehead atoms. The molecule has 2 fully saturated rings. The molecule has 0 aromatic heterocycles. The number of halogens is 1. The number of carbonyl (C=O) groups excluding carboxylic acids is 2. The van der Waals surface area contributed by atoms with E-state index in [1.54, 1.807) is 40.9 Å². The molecular weight excluding hydrogens is 425 g/mol. The van der Waals surface area contributed by atoms with Crippen LogP contribution in [0.15, 0.2) is 48.5 Å². The second kappa shape index (κ2) is 10.5. The van der Waals surface area contributed by atoms with Crippen LogP contribution in [0.4, 0.5) is 4.39 Å². The number of nitrogens with zero attached hydrogens (tertiary/aromatic N) is 2. The Morgan fingerprint density at radius 3 is 2.41 bits per heavy atom. The van der Waals surface area contributed by atoms with Gasteiger partial charge in [-0.1, -0.05) is 36.2 Å². The van der Waals surface area contributed by atoms with E-state index in [4.69, 9.17) is 0 Å². The molecular formula is C25H30FN3O2S. The number of amides is 2. The van der Waals surface area contributed by atoms with Gasteiger partial charge >= 0.3 is 0 Å². The summed E-state index contributed by atoms with van der Waals surface area (Å²) >= 11 is 1.54. The maximum atomic E-state index is 13.5. The zero-order valence-electron chi connectivity index (χ0n) is 18.4. The molecule has 2 aliphatic rings. The van der Waals surface area contributed by atoms with E-state index in [0.717, 1.165) is 30.8 Å². The van der Waals surface area contributed by atoms with Crippen molar-refractivity contribution < 1.29 is 14.0 Å². The highest BCUT2D eigenvalue weighted by atomic mass is 32.2. The third-order valence-electron chi connectivity index (χ3n) is 6.17. The molecule has 0 spiro atoms. The van der Waals surface area contributed by atoms with Crippen molar-refractivity contribution in [1.82, 2.24) is 15.1 Å². The number of rotatable bonds is 6. The summed E-state index contributed by atoms with van der Waals surface area (Å²) < 4.78 is 13.5. The molecule has 2 heterocycles. The molecule has 2 amide bonds. The van der Waals surface area contributed by atoms with Crippen LogP contribution in [-0.4, -0.2) is 59.6 Å². The maximum Gasteiger partial charge on any atom is 0.255 e. The van der Waals surface area contributed by atoms with Gasteiger partial charge in [0.05, 0.1) is 0 Å². The van der Waals surface area contributed by atoms with Crippen LogP contribution in [0.1, 0.15) is 46.1 Å². The molecule has 2 aromatic carbocycles. The van der Waals surface area contributed by atoms with Crippen molar-refractivity contribution in [3.63, 3.8) is 0 Å². The van der Waals surface area contributed by atoms with Crippen molar-refractivity contribution in [2.75, 3.05) is 31.9 Å². The Morgan fingerprint density at radius 2 is 1.72 bits per heavy atom. The van der Waals surface area contributed by atoms with E-state index in [1.165, 1.54) is 31.4 Å². The molecule has 1 N–H and O–H groups in total. The Balaban J connectivity index is 1.50. The number of aryl methyl sites for hydroxylation is 1. The van der Waals surface area contributed by atoms with Gasteiger partial charge in [-0.05, 0) is 62.7 Å². The lowest BCUT2D eigenvalue weighted by Gasteiger charge is -2.30. The van der Waals surface area contributed by atoms with Crippen LogP contribution in [-0.2, 0) is 4.79 Å². The highest BCUT2D eigenvalue weighted by molar-refractivity contribution is 7.99. The van der Waals surface area contributed by atoms with Crippen LogP contribution < -0.4 is 5.32 Å². The van der Waals surface area contributed by atoms with Gasteiger partial charge in [-0.25, -0.2) is 4.39 Å². The summed E-state index contributed by atoms with van der Waals surface area (Å²) in [5, 5.41) is 2.72. The van der Waals surface area contributed by atoms with E-state index in [1.807, 2.05) is 19.1 Å². The predicted molar refractivity (Wildman–Crippen MR) is 126 cm³/mol. The van der Waals surface area contributed by atoms with Gasteiger partial charge < -0.3 is 15.1 Å². The molecule has 2 saturated heterocycles. The van der Waals surface area contributed by atoms with Gasteiger partial charge in [0.1, 0.15) is 17.2 Å². The topological polar surface area (TPSA) is 52.7 Å². The summed E-state index contributed by atoms with van der Waals surface area (Å²) in [6.45, 7) is 5.55. The van der Waals surface area contributed by atoms with E-state index in [0.29, 0.717) is 17.9 Å². The average Bonchev–Trinajstić information content (AvgIpc) is 3.25. The summed E-state index contributed by atoms with van der Waals surface area (Å²) in [6.07, 6.45) is 3.71. The van der Waals surface area contributed by atoms with Gasteiger partial charge in [-0.15, -0.1) is 11.8 Å². The van der Waals surface area contributed by atoms with E-state index < -0.39 is 6.04 Å². The third kappa shape index (κ3) is 5.33. The summed E-state index contributed by atoms with van der Waals surface area (Å²) in [6, 6.07) is 13.0. The van der Waals surface area contributed by atoms with Crippen LogP contribution in [0.3, 0.4) is 0 Å². The van der Waals surface area contributed by atoms with Crippen molar-refractivity contribution in [2.24, 2.45) is 0 Å². The number of benzene rings is 2. The highest BCUT2D eigenvalue weighted by Crippen LogP contribution is 2.42. The van der Waals surface area contributed by atoms with Gasteiger partial charge in [0.2, 0.25) is 5.91 Å². The predicted octanol–water partition coefficient (Wildman–Crippen LogP) is 3.99. The van der Waals surface area contributed by atoms with Crippen LogP contribution in [0.25, 0.3) is 0 Å². The number of piperidine rings is 1. The Bertz CT molecular complexity index is 929. The smallest absolute Gasteiger partial charge is 0.255 e. The zero-order valence-corrected chi connectivity index (χ0v) is 19.2. The summed E-state index contributed by atoms with van der Waals surface area (Å²) in [5.41, 5.74) is 2.44. The standard InChI is InChI=1S/C25H30FN3O2S/c1-18-5-7-19(8-6-18)24(31)29-22(17-32-25(29)20-9-11-21(26)12-10-20)23(30)27-13-16-28-14-3-2-4-15-28/h5-12,22,25H,2-4,13-17H2,1H3,(H,27,30). The molecule has 0 radical (unpaired) electrons. The normalized spacial score (nSPS) is 21.5. The molecule has 4 rings (SSSR count). The molecule has 2 atom stereocenters. The van der Waals surface area contributed by atoms with Gasteiger partial charge in [0.25, 0.3) is 5.91 Å². The minimum absolute atomic E-state index is 0.125. The van der Waals surface area contributed by atoms with Crippen LogP contribution in [0.2, 0.25) is 0 Å². The van der Waals surface area contributed by atoms with E-state index >= 15 is 0 Å². The number of carbonyl (C=O) groups is 2. The number of nitrogens with one attached hydrogen (secondary N) is 1. The van der Waals surface area contributed by atoms with Crippen LogP contribution >= 0.6 is 11.8 Å². The second-order valence-electron chi connectivity index (χ2n) is 8.52. The van der Waals surface area contributed by atoms with Gasteiger partial charge in [-0.2, -0.15) is 0 Å². The van der Waals surface area contributed by atoms with Gasteiger partial charge in [-0.3, -0.25) is 9.59 Å². The fraction of sp³-hybridized carbons (Fsp3) is 0.440. The van der Waals surface area contributed by atoms with Crippen molar-refractivity contribution in [3.05, 3.63) is 71.0 Å². The Morgan fingerprint density at radius 1 is 1.03 bits per heavy atom. The molecule has 2 aliphatic heterocycles. The highest BCUT2D eigenvalue weighted by Gasteiger charge is 2.42. The lowest BCUT2D eigenvalue weighted by Crippen LogP contribution is -2.49. The molecule has 170 valence electrons. The molecule has 2 unspecified atom stereocenters. The quantitative estimate of drug-likeness (QED) is 0.716. The maximum absolute atomic E-state index is 13.5. The number of hydrogen-bond acceptors (Lipinski definition) is 4. The summed E-state index contributed by atoms with van der Waals surface area (Å²) in [5.74, 6) is -0.116. The van der Waals surface area contributed by atoms with Crippen molar-refractivity contribution in [2.45, 2.75) is 37.6 Å². The SMILES string of the molecule is Cc1ccc(C(=O)N2C(C(=O)NCCN3CCCCC3)CSC2c2ccc(F)cc2)cc1. The van der Waals surface area contributed by atoms with Crippen molar-refractivity contribution in [1.29, 1.82) is 0 Å². The van der Waals surface area contributed by atoms with E-state index in [-0.39, 0.29) is 23.0 Å². The first-order chi connectivity index (χ1) is 15.5. The molecule has 5 nitrogen and oxygen atoms in total. The Hall–Kier alpha value is -2.38. The zero-order chi connectivity index (χ0) is 22.5. The minimum Gasteiger partial charge on any atom is -0.353 e. The molecule has 32 heavy (non-hydrogen) atoms. The first-order valence-corrected chi connectivity index (χ1v) is 12.3. The summed E-state index contributed by atoms with van der Waals surface area (Å²) in [7, 11) is 0. The molecule has 0 saturated carbocycles. The minimum atomic E-state index is -0.565. The lowest BCUT2D eigenvalue weighted by atomic mass is 10.1. The first-order valence-electron chi connectivity index (χ1n) is 11.3. The van der Waals surface area contributed by atoms with Gasteiger partial charge in [0, 0.05) is 24.4 Å². The van der Waals surface area contributed by atoms with E-state index in [9.17, 15) is 14.0 Å². The first kappa shape index (κ1) is 22.8. The fourth-order valence-corrected chi connectivity index (χ4v) is 5.75. The molecule has 2 aromatic rings. The Labute approximate surface area is 193 Å². The molecule has 0 aliphatic carbocycles. The van der Waals surface area contributed by atoms with Gasteiger partial charge in [0.15, 0.2) is 0 Å². The number of thioether (sulfide) groups is 1. The number of hydrogen-bond donors (Lipinski definition) is 1.